The maximum absolute atomic E-state index is 5.86. The molecule has 1 saturated heterocycles. The minimum atomic E-state index is -0.0432. The molecule has 0 aromatic carbocycles. The number of hydrazine groups is 1. The SMILES string of the molecule is CCCN1CCOC(c2nc3c(c(NN)n2)CSC3)C1. The molecule has 0 amide bonds. The van der Waals surface area contributed by atoms with E-state index in [9.17, 15) is 0 Å². The summed E-state index contributed by atoms with van der Waals surface area (Å²) in [7, 11) is 0. The maximum Gasteiger partial charge on any atom is 0.161 e. The molecule has 2 aliphatic heterocycles. The fraction of sp³-hybridized carbons (Fsp3) is 0.692. The highest BCUT2D eigenvalue weighted by Gasteiger charge is 2.27. The molecule has 1 fully saturated rings. The fourth-order valence-corrected chi connectivity index (χ4v) is 3.75. The minimum absolute atomic E-state index is 0.0432. The summed E-state index contributed by atoms with van der Waals surface area (Å²) in [5, 5.41) is 0. The molecule has 0 bridgehead atoms. The van der Waals surface area contributed by atoms with Crippen LogP contribution in [0.25, 0.3) is 0 Å². The maximum atomic E-state index is 5.86. The number of morpholine rings is 1. The number of aromatic nitrogens is 2. The molecule has 0 saturated carbocycles. The van der Waals surface area contributed by atoms with Gasteiger partial charge in [-0.1, -0.05) is 6.92 Å². The van der Waals surface area contributed by atoms with Crippen LogP contribution in [0.2, 0.25) is 0 Å². The number of thioether (sulfide) groups is 1. The zero-order valence-electron chi connectivity index (χ0n) is 11.8. The van der Waals surface area contributed by atoms with E-state index in [0.29, 0.717) is 0 Å². The van der Waals surface area contributed by atoms with E-state index in [2.05, 4.69) is 22.2 Å². The number of hydrogen-bond acceptors (Lipinski definition) is 7. The zero-order valence-corrected chi connectivity index (χ0v) is 12.6. The molecule has 3 heterocycles. The molecule has 6 nitrogen and oxygen atoms in total. The lowest BCUT2D eigenvalue weighted by molar-refractivity contribution is -0.0342. The molecule has 3 rings (SSSR count). The van der Waals surface area contributed by atoms with Crippen molar-refractivity contribution in [3.05, 3.63) is 17.1 Å². The van der Waals surface area contributed by atoms with Crippen molar-refractivity contribution in [1.82, 2.24) is 14.9 Å². The van der Waals surface area contributed by atoms with Crippen LogP contribution in [0.1, 0.15) is 36.5 Å². The molecule has 20 heavy (non-hydrogen) atoms. The molecule has 1 atom stereocenters. The number of ether oxygens (including phenoxy) is 1. The second-order valence-corrected chi connectivity index (χ2v) is 6.14. The van der Waals surface area contributed by atoms with Gasteiger partial charge in [0, 0.05) is 30.2 Å². The quantitative estimate of drug-likeness (QED) is 0.640. The summed E-state index contributed by atoms with van der Waals surface area (Å²) in [6, 6.07) is 0. The summed E-state index contributed by atoms with van der Waals surface area (Å²) in [6.45, 7) is 5.90. The Morgan fingerprint density at radius 3 is 3.15 bits per heavy atom. The third kappa shape index (κ3) is 2.76. The van der Waals surface area contributed by atoms with Gasteiger partial charge in [0.15, 0.2) is 5.82 Å². The molecule has 110 valence electrons. The number of anilines is 1. The van der Waals surface area contributed by atoms with Crippen molar-refractivity contribution >= 4 is 17.6 Å². The average molecular weight is 295 g/mol. The molecule has 0 aliphatic carbocycles. The molecule has 1 aromatic rings. The van der Waals surface area contributed by atoms with E-state index < -0.39 is 0 Å². The van der Waals surface area contributed by atoms with Crippen LogP contribution in [0.15, 0.2) is 0 Å². The lowest BCUT2D eigenvalue weighted by Gasteiger charge is -2.32. The van der Waals surface area contributed by atoms with Gasteiger partial charge in [-0.2, -0.15) is 11.8 Å². The van der Waals surface area contributed by atoms with Crippen molar-refractivity contribution in [2.45, 2.75) is 31.0 Å². The van der Waals surface area contributed by atoms with Crippen LogP contribution < -0.4 is 11.3 Å². The van der Waals surface area contributed by atoms with Gasteiger partial charge in [-0.15, -0.1) is 0 Å². The van der Waals surface area contributed by atoms with Gasteiger partial charge in [0.1, 0.15) is 11.9 Å². The summed E-state index contributed by atoms with van der Waals surface area (Å²) >= 11 is 1.85. The normalized spacial score (nSPS) is 22.8. The Morgan fingerprint density at radius 2 is 2.35 bits per heavy atom. The van der Waals surface area contributed by atoms with Crippen molar-refractivity contribution in [2.75, 3.05) is 31.7 Å². The number of nitrogens with two attached hydrogens (primary N) is 1. The van der Waals surface area contributed by atoms with Crippen LogP contribution in [-0.2, 0) is 16.2 Å². The van der Waals surface area contributed by atoms with Crippen LogP contribution in [0, 0.1) is 0 Å². The van der Waals surface area contributed by atoms with Gasteiger partial charge in [-0.3, -0.25) is 4.90 Å². The molecule has 2 aliphatic rings. The van der Waals surface area contributed by atoms with Gasteiger partial charge in [-0.25, -0.2) is 15.8 Å². The second kappa shape index (κ2) is 6.26. The second-order valence-electron chi connectivity index (χ2n) is 5.15. The van der Waals surface area contributed by atoms with Crippen molar-refractivity contribution in [1.29, 1.82) is 0 Å². The van der Waals surface area contributed by atoms with E-state index in [1.54, 1.807) is 0 Å². The first-order valence-corrected chi connectivity index (χ1v) is 8.25. The van der Waals surface area contributed by atoms with E-state index in [1.807, 2.05) is 11.8 Å². The largest absolute Gasteiger partial charge is 0.368 e. The third-order valence-electron chi connectivity index (χ3n) is 3.71. The van der Waals surface area contributed by atoms with Crippen LogP contribution in [-0.4, -0.2) is 41.1 Å². The molecule has 0 radical (unpaired) electrons. The Bertz CT molecular complexity index is 482. The Labute approximate surface area is 123 Å². The predicted octanol–water partition coefficient (Wildman–Crippen LogP) is 1.29. The van der Waals surface area contributed by atoms with E-state index >= 15 is 0 Å². The average Bonchev–Trinajstić information content (AvgIpc) is 2.95. The smallest absolute Gasteiger partial charge is 0.161 e. The summed E-state index contributed by atoms with van der Waals surface area (Å²) < 4.78 is 5.86. The van der Waals surface area contributed by atoms with E-state index in [1.165, 1.54) is 0 Å². The Hall–Kier alpha value is -0.890. The van der Waals surface area contributed by atoms with Gasteiger partial charge < -0.3 is 10.2 Å². The van der Waals surface area contributed by atoms with Gasteiger partial charge in [0.05, 0.1) is 12.3 Å². The number of nitrogens with zero attached hydrogens (tertiary/aromatic N) is 3. The van der Waals surface area contributed by atoms with E-state index in [0.717, 1.165) is 67.1 Å². The first-order valence-electron chi connectivity index (χ1n) is 7.09. The monoisotopic (exact) mass is 295 g/mol. The molecule has 3 N–H and O–H groups in total. The fourth-order valence-electron chi connectivity index (χ4n) is 2.71. The summed E-state index contributed by atoms with van der Waals surface area (Å²) in [5.74, 6) is 8.98. The third-order valence-corrected chi connectivity index (χ3v) is 4.68. The number of nitrogen functional groups attached to an aromatic ring is 1. The molecule has 7 heteroatoms. The standard InChI is InChI=1S/C13H21N5OS/c1-2-3-18-4-5-19-11(6-18)13-15-10-8-20-7-9(10)12(16-13)17-14/h11H,2-8,14H2,1H3,(H,15,16,17). The van der Waals surface area contributed by atoms with Gasteiger partial charge in [0.2, 0.25) is 0 Å². The highest BCUT2D eigenvalue weighted by atomic mass is 32.2. The number of hydrogen-bond donors (Lipinski definition) is 2. The summed E-state index contributed by atoms with van der Waals surface area (Å²) in [6.07, 6.45) is 1.11. The van der Waals surface area contributed by atoms with Crippen LogP contribution in [0.5, 0.6) is 0 Å². The highest BCUT2D eigenvalue weighted by molar-refractivity contribution is 7.98. The van der Waals surface area contributed by atoms with Crippen LogP contribution in [0.3, 0.4) is 0 Å². The highest BCUT2D eigenvalue weighted by Crippen LogP contribution is 2.34. The molecule has 1 unspecified atom stereocenters. The van der Waals surface area contributed by atoms with Gasteiger partial charge >= 0.3 is 0 Å². The van der Waals surface area contributed by atoms with E-state index in [-0.39, 0.29) is 6.10 Å². The van der Waals surface area contributed by atoms with Crippen LogP contribution >= 0.6 is 11.8 Å². The topological polar surface area (TPSA) is 76.3 Å². The van der Waals surface area contributed by atoms with Gasteiger partial charge in [0.25, 0.3) is 0 Å². The molecule has 0 spiro atoms. The lowest BCUT2D eigenvalue weighted by atomic mass is 10.2. The molecular weight excluding hydrogens is 274 g/mol. The Morgan fingerprint density at radius 1 is 1.45 bits per heavy atom. The number of fused-ring (bicyclic) bond motifs is 1. The van der Waals surface area contributed by atoms with Crippen molar-refractivity contribution in [2.24, 2.45) is 5.84 Å². The lowest BCUT2D eigenvalue weighted by Crippen LogP contribution is -2.39. The first kappa shape index (κ1) is 14.1. The Kier molecular flexibility index (Phi) is 4.40. The summed E-state index contributed by atoms with van der Waals surface area (Å²) in [5.41, 5.74) is 4.95. The zero-order chi connectivity index (χ0) is 13.9. The van der Waals surface area contributed by atoms with Crippen molar-refractivity contribution in [3.63, 3.8) is 0 Å². The number of rotatable bonds is 4. The van der Waals surface area contributed by atoms with Crippen molar-refractivity contribution < 1.29 is 4.74 Å². The predicted molar refractivity (Wildman–Crippen MR) is 80.3 cm³/mol. The molecule has 1 aromatic heterocycles. The van der Waals surface area contributed by atoms with Crippen LogP contribution in [0.4, 0.5) is 5.82 Å². The number of nitrogens with one attached hydrogen (secondary N) is 1. The van der Waals surface area contributed by atoms with Gasteiger partial charge in [-0.05, 0) is 13.0 Å². The Balaban J connectivity index is 1.83. The minimum Gasteiger partial charge on any atom is -0.368 e. The van der Waals surface area contributed by atoms with E-state index in [4.69, 9.17) is 15.6 Å². The van der Waals surface area contributed by atoms with Crippen molar-refractivity contribution in [3.8, 4) is 0 Å². The molecular formula is C13H21N5OS. The first-order chi connectivity index (χ1) is 9.81. The summed E-state index contributed by atoms with van der Waals surface area (Å²) in [4.78, 5) is 11.7.